The van der Waals surface area contributed by atoms with Gasteiger partial charge in [0.2, 0.25) is 0 Å². The number of anilines is 1. The summed E-state index contributed by atoms with van der Waals surface area (Å²) in [5.41, 5.74) is 0.203. The lowest BCUT2D eigenvalue weighted by Gasteiger charge is -2.35. The summed E-state index contributed by atoms with van der Waals surface area (Å²) in [6, 6.07) is 0. The second-order valence-electron chi connectivity index (χ2n) is 4.47. The quantitative estimate of drug-likeness (QED) is 0.895. The molecule has 1 aromatic rings. The molecular formula is C11H16BrN3. The minimum absolute atomic E-state index is 0.203. The third kappa shape index (κ3) is 2.68. The largest absolute Gasteiger partial charge is 0.364 e. The van der Waals surface area contributed by atoms with E-state index < -0.39 is 0 Å². The molecule has 0 aromatic carbocycles. The van der Waals surface area contributed by atoms with Crippen LogP contribution in [0.3, 0.4) is 0 Å². The van der Waals surface area contributed by atoms with Crippen LogP contribution in [-0.2, 0) is 0 Å². The predicted octanol–water partition coefficient (Wildman–Crippen LogP) is 3.37. The van der Waals surface area contributed by atoms with Crippen LogP contribution in [0.15, 0.2) is 17.0 Å². The molecule has 82 valence electrons. The van der Waals surface area contributed by atoms with Gasteiger partial charge in [-0.25, -0.2) is 9.97 Å². The SMILES string of the molecule is CC1(Nc2ncncc2Br)CCCCC1. The van der Waals surface area contributed by atoms with E-state index in [0.29, 0.717) is 0 Å². The molecule has 15 heavy (non-hydrogen) atoms. The van der Waals surface area contributed by atoms with Crippen molar-refractivity contribution in [3.8, 4) is 0 Å². The Balaban J connectivity index is 2.10. The second-order valence-corrected chi connectivity index (χ2v) is 5.32. The monoisotopic (exact) mass is 269 g/mol. The third-order valence-electron chi connectivity index (χ3n) is 3.04. The molecule has 3 nitrogen and oxygen atoms in total. The zero-order valence-corrected chi connectivity index (χ0v) is 10.5. The molecule has 1 N–H and O–H groups in total. The van der Waals surface area contributed by atoms with E-state index in [9.17, 15) is 0 Å². The third-order valence-corrected chi connectivity index (χ3v) is 3.63. The van der Waals surface area contributed by atoms with Crippen LogP contribution in [0.5, 0.6) is 0 Å². The van der Waals surface area contributed by atoms with Gasteiger partial charge in [-0.3, -0.25) is 0 Å². The molecule has 0 bridgehead atoms. The fourth-order valence-electron chi connectivity index (χ4n) is 2.15. The molecule has 1 aliphatic rings. The Hall–Kier alpha value is -0.640. The van der Waals surface area contributed by atoms with Crippen LogP contribution in [0.1, 0.15) is 39.0 Å². The highest BCUT2D eigenvalue weighted by atomic mass is 79.9. The summed E-state index contributed by atoms with van der Waals surface area (Å²) in [6.45, 7) is 2.28. The topological polar surface area (TPSA) is 37.8 Å². The minimum Gasteiger partial charge on any atom is -0.364 e. The molecule has 2 rings (SSSR count). The Labute approximate surface area is 98.8 Å². The van der Waals surface area contributed by atoms with Crippen molar-refractivity contribution >= 4 is 21.7 Å². The first-order chi connectivity index (χ1) is 7.20. The van der Waals surface area contributed by atoms with Gasteiger partial charge < -0.3 is 5.32 Å². The summed E-state index contributed by atoms with van der Waals surface area (Å²) in [6.07, 6.45) is 9.80. The maximum atomic E-state index is 4.25. The Kier molecular flexibility index (Phi) is 3.24. The number of hydrogen-bond acceptors (Lipinski definition) is 3. The number of nitrogens with one attached hydrogen (secondary N) is 1. The second kappa shape index (κ2) is 4.47. The molecule has 1 aliphatic carbocycles. The van der Waals surface area contributed by atoms with E-state index in [1.165, 1.54) is 32.1 Å². The lowest BCUT2D eigenvalue weighted by molar-refractivity contribution is 0.348. The van der Waals surface area contributed by atoms with E-state index in [1.54, 1.807) is 12.5 Å². The summed E-state index contributed by atoms with van der Waals surface area (Å²) in [7, 11) is 0. The first kappa shape index (κ1) is 10.9. The highest BCUT2D eigenvalue weighted by Crippen LogP contribution is 2.32. The number of halogens is 1. The average Bonchev–Trinajstić information content (AvgIpc) is 2.22. The smallest absolute Gasteiger partial charge is 0.144 e. The van der Waals surface area contributed by atoms with Crippen LogP contribution in [0.2, 0.25) is 0 Å². The molecule has 1 saturated carbocycles. The normalized spacial score (nSPS) is 19.9. The lowest BCUT2D eigenvalue weighted by atomic mass is 9.83. The first-order valence-electron chi connectivity index (χ1n) is 5.43. The Morgan fingerprint density at radius 1 is 1.33 bits per heavy atom. The van der Waals surface area contributed by atoms with E-state index in [0.717, 1.165) is 10.3 Å². The van der Waals surface area contributed by atoms with Crippen molar-refractivity contribution in [3.05, 3.63) is 17.0 Å². The van der Waals surface area contributed by atoms with Crippen molar-refractivity contribution in [2.45, 2.75) is 44.6 Å². The van der Waals surface area contributed by atoms with Crippen LogP contribution in [0, 0.1) is 0 Å². The summed E-state index contributed by atoms with van der Waals surface area (Å²) in [5, 5.41) is 3.53. The number of aromatic nitrogens is 2. The highest BCUT2D eigenvalue weighted by molar-refractivity contribution is 9.10. The van der Waals surface area contributed by atoms with Gasteiger partial charge in [-0.2, -0.15) is 0 Å². The van der Waals surface area contributed by atoms with Crippen LogP contribution in [0.25, 0.3) is 0 Å². The van der Waals surface area contributed by atoms with Crippen molar-refractivity contribution in [1.82, 2.24) is 9.97 Å². The maximum Gasteiger partial charge on any atom is 0.144 e. The van der Waals surface area contributed by atoms with Gasteiger partial charge >= 0.3 is 0 Å². The molecule has 4 heteroatoms. The summed E-state index contributed by atoms with van der Waals surface area (Å²) < 4.78 is 0.941. The molecule has 1 heterocycles. The van der Waals surface area contributed by atoms with Gasteiger partial charge in [0, 0.05) is 11.7 Å². The zero-order chi connectivity index (χ0) is 10.7. The fourth-order valence-corrected chi connectivity index (χ4v) is 2.47. The van der Waals surface area contributed by atoms with E-state index >= 15 is 0 Å². The Morgan fingerprint density at radius 3 is 2.73 bits per heavy atom. The van der Waals surface area contributed by atoms with Crippen molar-refractivity contribution in [2.75, 3.05) is 5.32 Å². The van der Waals surface area contributed by atoms with Crippen molar-refractivity contribution in [1.29, 1.82) is 0 Å². The van der Waals surface area contributed by atoms with Gasteiger partial charge in [-0.05, 0) is 35.7 Å². The number of hydrogen-bond donors (Lipinski definition) is 1. The van der Waals surface area contributed by atoms with Gasteiger partial charge in [0.05, 0.1) is 4.47 Å². The molecule has 0 atom stereocenters. The average molecular weight is 270 g/mol. The lowest BCUT2D eigenvalue weighted by Crippen LogP contribution is -2.37. The number of nitrogens with zero attached hydrogens (tertiary/aromatic N) is 2. The van der Waals surface area contributed by atoms with E-state index in [4.69, 9.17) is 0 Å². The molecule has 0 unspecified atom stereocenters. The summed E-state index contributed by atoms with van der Waals surface area (Å²) >= 11 is 3.46. The Morgan fingerprint density at radius 2 is 2.07 bits per heavy atom. The van der Waals surface area contributed by atoms with Crippen LogP contribution < -0.4 is 5.32 Å². The standard InChI is InChI=1S/C11H16BrN3/c1-11(5-3-2-4-6-11)15-10-9(12)7-13-8-14-10/h7-8H,2-6H2,1H3,(H,13,14,15). The first-order valence-corrected chi connectivity index (χ1v) is 6.23. The molecule has 1 aromatic heterocycles. The number of rotatable bonds is 2. The van der Waals surface area contributed by atoms with Crippen molar-refractivity contribution in [3.63, 3.8) is 0 Å². The van der Waals surface area contributed by atoms with Gasteiger partial charge in [0.1, 0.15) is 12.1 Å². The Bertz CT molecular complexity index is 334. The van der Waals surface area contributed by atoms with Crippen molar-refractivity contribution in [2.24, 2.45) is 0 Å². The highest BCUT2D eigenvalue weighted by Gasteiger charge is 2.27. The van der Waals surface area contributed by atoms with Crippen LogP contribution >= 0.6 is 15.9 Å². The zero-order valence-electron chi connectivity index (χ0n) is 8.96. The molecule has 0 radical (unpaired) electrons. The maximum absolute atomic E-state index is 4.25. The molecule has 0 amide bonds. The molecule has 0 saturated heterocycles. The van der Waals surface area contributed by atoms with Gasteiger partial charge in [-0.1, -0.05) is 19.3 Å². The van der Waals surface area contributed by atoms with Crippen LogP contribution in [0.4, 0.5) is 5.82 Å². The van der Waals surface area contributed by atoms with Gasteiger partial charge in [-0.15, -0.1) is 0 Å². The fraction of sp³-hybridized carbons (Fsp3) is 0.636. The van der Waals surface area contributed by atoms with Gasteiger partial charge in [0.25, 0.3) is 0 Å². The minimum atomic E-state index is 0.203. The van der Waals surface area contributed by atoms with Crippen LogP contribution in [-0.4, -0.2) is 15.5 Å². The molecular weight excluding hydrogens is 254 g/mol. The summed E-state index contributed by atoms with van der Waals surface area (Å²) in [5.74, 6) is 0.911. The predicted molar refractivity (Wildman–Crippen MR) is 64.8 cm³/mol. The van der Waals surface area contributed by atoms with E-state index in [-0.39, 0.29) is 5.54 Å². The van der Waals surface area contributed by atoms with Crippen molar-refractivity contribution < 1.29 is 0 Å². The summed E-state index contributed by atoms with van der Waals surface area (Å²) in [4.78, 5) is 8.21. The molecule has 0 spiro atoms. The van der Waals surface area contributed by atoms with Gasteiger partial charge in [0.15, 0.2) is 0 Å². The van der Waals surface area contributed by atoms with E-state index in [2.05, 4.69) is 38.1 Å². The van der Waals surface area contributed by atoms with E-state index in [1.807, 2.05) is 0 Å². The molecule has 0 aliphatic heterocycles. The molecule has 1 fully saturated rings.